The molecule has 4 heteroatoms. The molecule has 0 atom stereocenters. The monoisotopic (exact) mass is 339 g/mol. The van der Waals surface area contributed by atoms with E-state index in [9.17, 15) is 4.79 Å². The molecule has 0 bridgehead atoms. The fraction of sp³-hybridized carbons (Fsp3) is 0.429. The van der Waals surface area contributed by atoms with Gasteiger partial charge >= 0.3 is 0 Å². The molecule has 0 aliphatic heterocycles. The average molecular weight is 339 g/mol. The van der Waals surface area contributed by atoms with Crippen LogP contribution in [0, 0.1) is 20.8 Å². The minimum absolute atomic E-state index is 0.0406. The Bertz CT molecular complexity index is 726. The van der Waals surface area contributed by atoms with Gasteiger partial charge < -0.3 is 5.32 Å². The number of amides is 1. The number of nitrogens with zero attached hydrogens (tertiary/aromatic N) is 2. The zero-order valence-electron chi connectivity index (χ0n) is 15.8. The molecule has 0 saturated heterocycles. The van der Waals surface area contributed by atoms with Gasteiger partial charge in [0.2, 0.25) is 5.91 Å². The van der Waals surface area contributed by atoms with Gasteiger partial charge in [0.05, 0.1) is 12.2 Å². The van der Waals surface area contributed by atoms with E-state index >= 15 is 0 Å². The summed E-state index contributed by atoms with van der Waals surface area (Å²) in [5, 5.41) is 7.55. The number of aryl methyl sites for hydroxylation is 2. The molecule has 25 heavy (non-hydrogen) atoms. The summed E-state index contributed by atoms with van der Waals surface area (Å²) in [6, 6.07) is 8.49. The van der Waals surface area contributed by atoms with Crippen LogP contribution in [-0.4, -0.2) is 22.2 Å². The van der Waals surface area contributed by atoms with E-state index < -0.39 is 0 Å². The number of unbranched alkanes of at least 4 members (excludes halogenated alkanes) is 2. The predicted molar refractivity (Wildman–Crippen MR) is 104 cm³/mol. The van der Waals surface area contributed by atoms with Gasteiger partial charge in [-0.1, -0.05) is 49.6 Å². The van der Waals surface area contributed by atoms with E-state index in [1.807, 2.05) is 24.6 Å². The Hall–Kier alpha value is -2.36. The zero-order valence-corrected chi connectivity index (χ0v) is 15.8. The van der Waals surface area contributed by atoms with Gasteiger partial charge in [0.25, 0.3) is 0 Å². The standard InChI is InChI=1S/C21H29N3O/c1-5-6-7-14-22-21(25)13-12-20-17(3)23-24(18(20)4)15-19-10-8-16(2)9-11-19/h8-13H,5-7,14-15H2,1-4H3,(H,22,25)/b13-12+. The Morgan fingerprint density at radius 3 is 2.56 bits per heavy atom. The van der Waals surface area contributed by atoms with E-state index in [2.05, 4.69) is 48.5 Å². The molecule has 1 heterocycles. The first-order valence-corrected chi connectivity index (χ1v) is 9.06. The highest BCUT2D eigenvalue weighted by molar-refractivity contribution is 5.91. The fourth-order valence-electron chi connectivity index (χ4n) is 2.78. The molecule has 1 aromatic carbocycles. The van der Waals surface area contributed by atoms with E-state index in [1.165, 1.54) is 11.1 Å². The summed E-state index contributed by atoms with van der Waals surface area (Å²) in [5.41, 5.74) is 5.52. The maximum atomic E-state index is 11.9. The summed E-state index contributed by atoms with van der Waals surface area (Å²) in [7, 11) is 0. The summed E-state index contributed by atoms with van der Waals surface area (Å²) in [5.74, 6) is -0.0406. The summed E-state index contributed by atoms with van der Waals surface area (Å²) in [6.45, 7) is 9.75. The molecular formula is C21H29N3O. The van der Waals surface area contributed by atoms with Gasteiger partial charge in [0, 0.05) is 23.9 Å². The normalized spacial score (nSPS) is 11.2. The maximum absolute atomic E-state index is 11.9. The molecule has 0 radical (unpaired) electrons. The molecular weight excluding hydrogens is 310 g/mol. The van der Waals surface area contributed by atoms with Crippen LogP contribution in [0.2, 0.25) is 0 Å². The van der Waals surface area contributed by atoms with Crippen LogP contribution in [0.3, 0.4) is 0 Å². The number of nitrogens with one attached hydrogen (secondary N) is 1. The van der Waals surface area contributed by atoms with Crippen molar-refractivity contribution in [2.45, 2.75) is 53.5 Å². The summed E-state index contributed by atoms with van der Waals surface area (Å²) in [4.78, 5) is 11.9. The highest BCUT2D eigenvalue weighted by atomic mass is 16.1. The number of aromatic nitrogens is 2. The molecule has 0 saturated carbocycles. The predicted octanol–water partition coefficient (Wildman–Crippen LogP) is 4.18. The van der Waals surface area contributed by atoms with Crippen LogP contribution in [0.4, 0.5) is 0 Å². The molecule has 1 amide bonds. The van der Waals surface area contributed by atoms with Crippen LogP contribution < -0.4 is 5.32 Å². The Labute approximate surface area is 150 Å². The van der Waals surface area contributed by atoms with Gasteiger partial charge in [-0.15, -0.1) is 0 Å². The third-order valence-corrected chi connectivity index (χ3v) is 4.37. The summed E-state index contributed by atoms with van der Waals surface area (Å²) < 4.78 is 2.00. The van der Waals surface area contributed by atoms with Gasteiger partial charge in [-0.05, 0) is 38.8 Å². The van der Waals surface area contributed by atoms with E-state index in [4.69, 9.17) is 0 Å². The first-order chi connectivity index (χ1) is 12.0. The molecule has 1 aromatic heterocycles. The van der Waals surface area contributed by atoms with Crippen molar-refractivity contribution in [2.24, 2.45) is 0 Å². The number of carbonyl (C=O) groups is 1. The van der Waals surface area contributed by atoms with Crippen molar-refractivity contribution in [1.29, 1.82) is 0 Å². The van der Waals surface area contributed by atoms with Gasteiger partial charge in [-0.3, -0.25) is 9.48 Å². The Morgan fingerprint density at radius 1 is 1.16 bits per heavy atom. The smallest absolute Gasteiger partial charge is 0.244 e. The Morgan fingerprint density at radius 2 is 1.88 bits per heavy atom. The van der Waals surface area contributed by atoms with Crippen LogP contribution >= 0.6 is 0 Å². The van der Waals surface area contributed by atoms with E-state index in [-0.39, 0.29) is 5.91 Å². The van der Waals surface area contributed by atoms with Crippen molar-refractivity contribution in [3.8, 4) is 0 Å². The van der Waals surface area contributed by atoms with Crippen molar-refractivity contribution < 1.29 is 4.79 Å². The Balaban J connectivity index is 2.02. The van der Waals surface area contributed by atoms with Gasteiger partial charge in [0.1, 0.15) is 0 Å². The van der Waals surface area contributed by atoms with Gasteiger partial charge in [-0.25, -0.2) is 0 Å². The third-order valence-electron chi connectivity index (χ3n) is 4.37. The molecule has 1 N–H and O–H groups in total. The first kappa shape index (κ1) is 19.0. The molecule has 134 valence electrons. The fourth-order valence-corrected chi connectivity index (χ4v) is 2.78. The van der Waals surface area contributed by atoms with E-state index in [0.717, 1.165) is 49.3 Å². The van der Waals surface area contributed by atoms with Crippen molar-refractivity contribution in [3.63, 3.8) is 0 Å². The third kappa shape index (κ3) is 5.59. The zero-order chi connectivity index (χ0) is 18.2. The Kier molecular flexibility index (Phi) is 6.99. The summed E-state index contributed by atoms with van der Waals surface area (Å²) in [6.07, 6.45) is 6.82. The second-order valence-corrected chi connectivity index (χ2v) is 6.56. The number of hydrogen-bond donors (Lipinski definition) is 1. The van der Waals surface area contributed by atoms with Crippen LogP contribution in [0.15, 0.2) is 30.3 Å². The number of benzene rings is 1. The quantitative estimate of drug-likeness (QED) is 0.579. The topological polar surface area (TPSA) is 46.9 Å². The van der Waals surface area contributed by atoms with Gasteiger partial charge in [0.15, 0.2) is 0 Å². The SMILES string of the molecule is CCCCCNC(=O)/C=C/c1c(C)nn(Cc2ccc(C)cc2)c1C. The highest BCUT2D eigenvalue weighted by Gasteiger charge is 2.10. The van der Waals surface area contributed by atoms with Crippen LogP contribution in [-0.2, 0) is 11.3 Å². The lowest BCUT2D eigenvalue weighted by Crippen LogP contribution is -2.21. The first-order valence-electron chi connectivity index (χ1n) is 9.06. The molecule has 2 rings (SSSR count). The lowest BCUT2D eigenvalue weighted by atomic mass is 10.1. The van der Waals surface area contributed by atoms with Crippen LogP contribution in [0.25, 0.3) is 6.08 Å². The molecule has 0 aliphatic carbocycles. The maximum Gasteiger partial charge on any atom is 0.244 e. The summed E-state index contributed by atoms with van der Waals surface area (Å²) >= 11 is 0. The minimum atomic E-state index is -0.0406. The van der Waals surface area contributed by atoms with Crippen LogP contribution in [0.5, 0.6) is 0 Å². The molecule has 0 aliphatic rings. The largest absolute Gasteiger partial charge is 0.353 e. The number of carbonyl (C=O) groups excluding carboxylic acids is 1. The van der Waals surface area contributed by atoms with Crippen molar-refractivity contribution in [3.05, 3.63) is 58.4 Å². The number of rotatable bonds is 8. The van der Waals surface area contributed by atoms with Gasteiger partial charge in [-0.2, -0.15) is 5.10 Å². The number of hydrogen-bond acceptors (Lipinski definition) is 2. The lowest BCUT2D eigenvalue weighted by molar-refractivity contribution is -0.116. The molecule has 2 aromatic rings. The second kappa shape index (κ2) is 9.21. The van der Waals surface area contributed by atoms with E-state index in [0.29, 0.717) is 0 Å². The minimum Gasteiger partial charge on any atom is -0.353 e. The molecule has 0 fully saturated rings. The van der Waals surface area contributed by atoms with Crippen molar-refractivity contribution >= 4 is 12.0 Å². The molecule has 0 spiro atoms. The van der Waals surface area contributed by atoms with Crippen LogP contribution in [0.1, 0.15) is 54.3 Å². The molecule has 4 nitrogen and oxygen atoms in total. The second-order valence-electron chi connectivity index (χ2n) is 6.56. The van der Waals surface area contributed by atoms with Crippen molar-refractivity contribution in [2.75, 3.05) is 6.54 Å². The lowest BCUT2D eigenvalue weighted by Gasteiger charge is -2.05. The average Bonchev–Trinajstić information content (AvgIpc) is 2.85. The highest BCUT2D eigenvalue weighted by Crippen LogP contribution is 2.16. The van der Waals surface area contributed by atoms with Crippen molar-refractivity contribution in [1.82, 2.24) is 15.1 Å². The van der Waals surface area contributed by atoms with E-state index in [1.54, 1.807) is 6.08 Å². The molecule has 0 unspecified atom stereocenters.